The van der Waals surface area contributed by atoms with E-state index >= 15 is 0 Å². The van der Waals surface area contributed by atoms with Gasteiger partial charge in [-0.25, -0.2) is 13.8 Å². The normalized spacial score (nSPS) is 17.4. The summed E-state index contributed by atoms with van der Waals surface area (Å²) in [6, 6.07) is 3.63. The molecule has 48 heavy (non-hydrogen) atoms. The number of aromatic nitrogens is 3. The fourth-order valence-electron chi connectivity index (χ4n) is 5.12. The van der Waals surface area contributed by atoms with Crippen LogP contribution in [0.25, 0.3) is 11.2 Å². The molecule has 1 aromatic carbocycles. The van der Waals surface area contributed by atoms with Crippen molar-refractivity contribution >= 4 is 34.6 Å². The fraction of sp³-hybridized carbons (Fsp3) is 0.533. The van der Waals surface area contributed by atoms with Crippen molar-refractivity contribution in [1.82, 2.24) is 25.2 Å². The van der Waals surface area contributed by atoms with Gasteiger partial charge in [0.2, 0.25) is 17.7 Å². The highest BCUT2D eigenvalue weighted by Crippen LogP contribution is 2.39. The summed E-state index contributed by atoms with van der Waals surface area (Å²) in [5.41, 5.74) is -2.80. The molecule has 0 unspecified atom stereocenters. The number of pyridine rings is 1. The van der Waals surface area contributed by atoms with Gasteiger partial charge in [0.05, 0.1) is 29.2 Å². The number of anilines is 2. The highest BCUT2D eigenvalue weighted by atomic mass is 19.4. The third-order valence-electron chi connectivity index (χ3n) is 8.02. The van der Waals surface area contributed by atoms with Crippen LogP contribution in [0, 0.1) is 11.3 Å². The van der Waals surface area contributed by atoms with Gasteiger partial charge < -0.3 is 25.8 Å². The van der Waals surface area contributed by atoms with Crippen molar-refractivity contribution in [3.63, 3.8) is 0 Å². The van der Waals surface area contributed by atoms with Gasteiger partial charge in [0.25, 0.3) is 12.3 Å². The van der Waals surface area contributed by atoms with Crippen LogP contribution < -0.4 is 20.7 Å². The van der Waals surface area contributed by atoms with Gasteiger partial charge in [-0.1, -0.05) is 6.07 Å². The lowest BCUT2D eigenvalue weighted by Crippen LogP contribution is -2.40. The number of carbonyl (C=O) groups excluding carboxylic acids is 2. The number of halogens is 8. The summed E-state index contributed by atoms with van der Waals surface area (Å²) in [7, 11) is 1.37. The maximum absolute atomic E-state index is 14.0. The Bertz CT molecular complexity index is 1630. The van der Waals surface area contributed by atoms with Crippen LogP contribution in [0.1, 0.15) is 61.0 Å². The zero-order valence-corrected chi connectivity index (χ0v) is 26.0. The predicted octanol–water partition coefficient (Wildman–Crippen LogP) is 5.86. The van der Waals surface area contributed by atoms with Gasteiger partial charge in [-0.15, -0.1) is 0 Å². The number of hydrogen-bond donors (Lipinski definition) is 4. The number of ether oxygens (including phenoxy) is 1. The van der Waals surface area contributed by atoms with Crippen molar-refractivity contribution in [1.29, 1.82) is 0 Å². The van der Waals surface area contributed by atoms with Crippen LogP contribution in [0.2, 0.25) is 0 Å². The second-order valence-corrected chi connectivity index (χ2v) is 12.2. The molecule has 4 rings (SSSR count). The van der Waals surface area contributed by atoms with E-state index in [0.717, 1.165) is 18.2 Å². The van der Waals surface area contributed by atoms with Crippen LogP contribution in [-0.2, 0) is 24.6 Å². The summed E-state index contributed by atoms with van der Waals surface area (Å²) in [5, 5.41) is 17.1. The van der Waals surface area contributed by atoms with Crippen LogP contribution in [0.5, 0.6) is 5.88 Å². The second-order valence-electron chi connectivity index (χ2n) is 12.2. The molecule has 1 fully saturated rings. The molecule has 10 nitrogen and oxygen atoms in total. The highest BCUT2D eigenvalue weighted by Gasteiger charge is 2.42. The first-order chi connectivity index (χ1) is 22.3. The largest absolute Gasteiger partial charge is 0.471 e. The SMILES string of the molecule is Cn1c(Nc2cc(CNC(=O)C(C)(C)CO)ccc2C(F)(F)F)nc2cc(C(=O)NC3CCC(C(F)(F)F)CC3)c(OCC(F)F)nc21. The number of amides is 2. The Hall–Kier alpha value is -4.22. The smallest absolute Gasteiger partial charge is 0.418 e. The van der Waals surface area contributed by atoms with E-state index in [1.807, 2.05) is 0 Å². The van der Waals surface area contributed by atoms with Crippen LogP contribution in [0.15, 0.2) is 24.3 Å². The first kappa shape index (κ1) is 36.6. The molecule has 0 radical (unpaired) electrons. The lowest BCUT2D eigenvalue weighted by Gasteiger charge is -2.30. The average molecular weight is 695 g/mol. The molecule has 0 saturated heterocycles. The monoisotopic (exact) mass is 694 g/mol. The molecule has 3 aromatic rings. The number of rotatable bonds is 11. The number of nitrogens with zero attached hydrogens (tertiary/aromatic N) is 3. The topological polar surface area (TPSA) is 130 Å². The molecule has 0 bridgehead atoms. The Morgan fingerprint density at radius 2 is 1.71 bits per heavy atom. The van der Waals surface area contributed by atoms with E-state index in [1.165, 1.54) is 31.5 Å². The van der Waals surface area contributed by atoms with E-state index < -0.39 is 78.3 Å². The Balaban J connectivity index is 1.64. The van der Waals surface area contributed by atoms with Gasteiger partial charge in [0.15, 0.2) is 12.3 Å². The summed E-state index contributed by atoms with van der Waals surface area (Å²) in [5.74, 6) is -3.60. The third kappa shape index (κ3) is 8.62. The fourth-order valence-corrected chi connectivity index (χ4v) is 5.12. The molecule has 0 spiro atoms. The summed E-state index contributed by atoms with van der Waals surface area (Å²) in [6.45, 7) is 1.21. The molecule has 2 heterocycles. The van der Waals surface area contributed by atoms with Crippen LogP contribution >= 0.6 is 0 Å². The minimum atomic E-state index is -4.81. The van der Waals surface area contributed by atoms with Gasteiger partial charge in [0, 0.05) is 19.6 Å². The average Bonchev–Trinajstić information content (AvgIpc) is 3.30. The first-order valence-corrected chi connectivity index (χ1v) is 14.8. The van der Waals surface area contributed by atoms with Gasteiger partial charge >= 0.3 is 12.4 Å². The second kappa shape index (κ2) is 14.1. The Kier molecular flexibility index (Phi) is 10.8. The van der Waals surface area contributed by atoms with E-state index in [9.17, 15) is 49.8 Å². The number of aliphatic hydroxyl groups is 1. The number of alkyl halides is 8. The third-order valence-corrected chi connectivity index (χ3v) is 8.02. The van der Waals surface area contributed by atoms with E-state index in [2.05, 4.69) is 25.9 Å². The van der Waals surface area contributed by atoms with Crippen molar-refractivity contribution in [2.75, 3.05) is 18.5 Å². The number of hydrogen-bond acceptors (Lipinski definition) is 7. The van der Waals surface area contributed by atoms with E-state index in [-0.39, 0.29) is 60.5 Å². The van der Waals surface area contributed by atoms with Crippen molar-refractivity contribution in [2.24, 2.45) is 18.4 Å². The van der Waals surface area contributed by atoms with Crippen molar-refractivity contribution < 1.29 is 54.6 Å². The number of imidazole rings is 1. The van der Waals surface area contributed by atoms with E-state index in [0.29, 0.717) is 0 Å². The lowest BCUT2D eigenvalue weighted by atomic mass is 9.85. The van der Waals surface area contributed by atoms with Crippen LogP contribution in [0.3, 0.4) is 0 Å². The van der Waals surface area contributed by atoms with Crippen molar-refractivity contribution in [3.8, 4) is 5.88 Å². The lowest BCUT2D eigenvalue weighted by molar-refractivity contribution is -0.182. The molecule has 1 saturated carbocycles. The minimum Gasteiger partial charge on any atom is -0.471 e. The maximum Gasteiger partial charge on any atom is 0.418 e. The molecule has 0 atom stereocenters. The molecule has 264 valence electrons. The summed E-state index contributed by atoms with van der Waals surface area (Å²) in [4.78, 5) is 34.0. The molecule has 2 amide bonds. The number of fused-ring (bicyclic) bond motifs is 1. The molecule has 1 aliphatic carbocycles. The molecular formula is C30H34F8N6O4. The van der Waals surface area contributed by atoms with Crippen LogP contribution in [-0.4, -0.2) is 63.3 Å². The summed E-state index contributed by atoms with van der Waals surface area (Å²) >= 11 is 0. The number of benzene rings is 1. The minimum absolute atomic E-state index is 0.0277. The van der Waals surface area contributed by atoms with Gasteiger partial charge in [-0.3, -0.25) is 14.2 Å². The number of nitrogens with one attached hydrogen (secondary N) is 3. The molecule has 2 aromatic heterocycles. The highest BCUT2D eigenvalue weighted by molar-refractivity contribution is 5.99. The molecule has 18 heteroatoms. The molecule has 0 aliphatic heterocycles. The Morgan fingerprint density at radius 1 is 1.04 bits per heavy atom. The van der Waals surface area contributed by atoms with Crippen molar-refractivity contribution in [2.45, 2.75) is 70.9 Å². The van der Waals surface area contributed by atoms with E-state index in [1.54, 1.807) is 0 Å². The zero-order valence-electron chi connectivity index (χ0n) is 26.0. The summed E-state index contributed by atoms with van der Waals surface area (Å²) in [6.07, 6.45) is -12.5. The van der Waals surface area contributed by atoms with E-state index in [4.69, 9.17) is 4.74 Å². The number of aliphatic hydroxyl groups excluding tert-OH is 1. The Morgan fingerprint density at radius 3 is 2.29 bits per heavy atom. The molecule has 4 N–H and O–H groups in total. The van der Waals surface area contributed by atoms with Crippen molar-refractivity contribution in [3.05, 3.63) is 41.0 Å². The predicted molar refractivity (Wildman–Crippen MR) is 157 cm³/mol. The number of aryl methyl sites for hydroxylation is 1. The maximum atomic E-state index is 14.0. The quantitative estimate of drug-likeness (QED) is 0.185. The van der Waals surface area contributed by atoms with Gasteiger partial charge in [0.1, 0.15) is 11.1 Å². The van der Waals surface area contributed by atoms with Gasteiger partial charge in [-0.05, 0) is 63.3 Å². The first-order valence-electron chi connectivity index (χ1n) is 14.8. The zero-order chi connectivity index (χ0) is 35.6. The van der Waals surface area contributed by atoms with Gasteiger partial charge in [-0.2, -0.15) is 31.3 Å². The standard InChI is InChI=1S/C30H34F8N6O4/c1-28(2,14-45)26(47)39-12-15-4-9-19(30(36,37)38)20(10-15)41-27-42-21-11-18(25(48-13-22(31)32)43-23(21)44(27)3)24(46)40-17-7-5-16(6-8-17)29(33,34)35/h4,9-11,16-17,22,45H,5-8,12-14H2,1-3H3,(H,39,47)(H,40,46)(H,41,42). The summed E-state index contributed by atoms with van der Waals surface area (Å²) < 4.78 is 113. The number of carbonyl (C=O) groups is 2. The molecule has 1 aliphatic rings. The Labute approximate surface area is 269 Å². The van der Waals surface area contributed by atoms with Crippen LogP contribution in [0.4, 0.5) is 46.8 Å². The molecular weight excluding hydrogens is 660 g/mol.